The zero-order chi connectivity index (χ0) is 21.1. The Morgan fingerprint density at radius 1 is 1.14 bits per heavy atom. The number of amides is 3. The molecule has 2 aliphatic rings. The summed E-state index contributed by atoms with van der Waals surface area (Å²) in [6, 6.07) is 3.61. The Bertz CT molecular complexity index is 846. The molecule has 154 valence electrons. The minimum absolute atomic E-state index is 0.0337. The van der Waals surface area contributed by atoms with Gasteiger partial charge >= 0.3 is 5.97 Å². The maximum absolute atomic E-state index is 12.4. The molecule has 1 aliphatic carbocycles. The van der Waals surface area contributed by atoms with E-state index in [1.54, 1.807) is 6.07 Å². The van der Waals surface area contributed by atoms with Crippen LogP contribution in [0.3, 0.4) is 0 Å². The molecule has 0 unspecified atom stereocenters. The molecule has 0 aromatic heterocycles. The van der Waals surface area contributed by atoms with Gasteiger partial charge in [0.2, 0.25) is 11.8 Å². The van der Waals surface area contributed by atoms with Crippen molar-refractivity contribution in [2.45, 2.75) is 33.1 Å². The highest BCUT2D eigenvalue weighted by Gasteiger charge is 2.46. The monoisotopic (exact) mass is 418 g/mol. The molecular weight excluding hydrogens is 396 g/mol. The number of hydrogen-bond donors (Lipinski definition) is 1. The maximum Gasteiger partial charge on any atom is 0.308 e. The minimum atomic E-state index is -0.652. The molecule has 2 atom stereocenters. The van der Waals surface area contributed by atoms with Crippen LogP contribution in [0, 0.1) is 25.7 Å². The van der Waals surface area contributed by atoms with Gasteiger partial charge in [-0.15, -0.1) is 0 Å². The fraction of sp³-hybridized carbons (Fsp3) is 0.429. The molecule has 0 radical (unpaired) electrons. The van der Waals surface area contributed by atoms with Crippen LogP contribution < -0.4 is 5.32 Å². The standard InChI is InChI=1S/C21H23ClN2O5/c1-12-9-13(2)19(16(22)10-12)23-17(25)11-29-18(26)7-8-24-20(27)14-5-3-4-6-15(14)21(24)28/h3-4,9-10,14-15H,5-8,11H2,1-2H3,(H,23,25)/t14-,15-/m0/s1. The first kappa shape index (κ1) is 21.0. The molecular formula is C21H23ClN2O5. The first-order chi connectivity index (χ1) is 13.8. The predicted molar refractivity (Wildman–Crippen MR) is 107 cm³/mol. The van der Waals surface area contributed by atoms with Crippen LogP contribution in [0.25, 0.3) is 0 Å². The third-order valence-corrected chi connectivity index (χ3v) is 5.50. The van der Waals surface area contributed by atoms with Crippen LogP contribution in [0.2, 0.25) is 5.02 Å². The average molecular weight is 419 g/mol. The zero-order valence-electron chi connectivity index (χ0n) is 16.4. The molecule has 0 bridgehead atoms. The molecule has 8 heteroatoms. The quantitative estimate of drug-likeness (QED) is 0.435. The van der Waals surface area contributed by atoms with Crippen LogP contribution in [0.4, 0.5) is 5.69 Å². The van der Waals surface area contributed by atoms with E-state index in [2.05, 4.69) is 5.32 Å². The number of nitrogens with zero attached hydrogens (tertiary/aromatic N) is 1. The third-order valence-electron chi connectivity index (χ3n) is 5.20. The molecule has 1 saturated heterocycles. The van der Waals surface area contributed by atoms with Gasteiger partial charge in [-0.2, -0.15) is 0 Å². The van der Waals surface area contributed by atoms with Crippen molar-refractivity contribution in [1.29, 1.82) is 0 Å². The van der Waals surface area contributed by atoms with Crippen molar-refractivity contribution in [3.8, 4) is 0 Å². The van der Waals surface area contributed by atoms with Gasteiger partial charge in [-0.25, -0.2) is 0 Å². The smallest absolute Gasteiger partial charge is 0.308 e. The summed E-state index contributed by atoms with van der Waals surface area (Å²) in [7, 11) is 0. The normalized spacial score (nSPS) is 20.6. The number of likely N-dealkylation sites (tertiary alicyclic amines) is 1. The number of carbonyl (C=O) groups excluding carboxylic acids is 4. The Morgan fingerprint density at radius 3 is 2.34 bits per heavy atom. The van der Waals surface area contributed by atoms with Crippen LogP contribution >= 0.6 is 11.6 Å². The number of anilines is 1. The van der Waals surface area contributed by atoms with Gasteiger partial charge in [-0.3, -0.25) is 24.1 Å². The molecule has 1 heterocycles. The lowest BCUT2D eigenvalue weighted by atomic mass is 9.85. The van der Waals surface area contributed by atoms with Gasteiger partial charge in [0.25, 0.3) is 5.91 Å². The SMILES string of the molecule is Cc1cc(C)c(NC(=O)COC(=O)CCN2C(=O)[C@H]3CC=CC[C@@H]3C2=O)c(Cl)c1. The van der Waals surface area contributed by atoms with Crippen LogP contribution in [0.1, 0.15) is 30.4 Å². The lowest BCUT2D eigenvalue weighted by Crippen LogP contribution is -2.33. The fourth-order valence-corrected chi connectivity index (χ4v) is 4.13. The summed E-state index contributed by atoms with van der Waals surface area (Å²) in [4.78, 5) is 49.9. The topological polar surface area (TPSA) is 92.8 Å². The van der Waals surface area contributed by atoms with Crippen molar-refractivity contribution in [3.63, 3.8) is 0 Å². The van der Waals surface area contributed by atoms with E-state index in [-0.39, 0.29) is 36.6 Å². The van der Waals surface area contributed by atoms with Crippen molar-refractivity contribution < 1.29 is 23.9 Å². The largest absolute Gasteiger partial charge is 0.456 e. The Labute approximate surface area is 174 Å². The number of allylic oxidation sites excluding steroid dienone is 2. The van der Waals surface area contributed by atoms with Gasteiger partial charge in [0.1, 0.15) is 0 Å². The summed E-state index contributed by atoms with van der Waals surface area (Å²) in [6.07, 6.45) is 4.77. The minimum Gasteiger partial charge on any atom is -0.456 e. The number of hydrogen-bond acceptors (Lipinski definition) is 5. The van der Waals surface area contributed by atoms with Crippen molar-refractivity contribution in [2.24, 2.45) is 11.8 Å². The molecule has 3 rings (SSSR count). The maximum atomic E-state index is 12.4. The first-order valence-corrected chi connectivity index (χ1v) is 9.88. The molecule has 0 saturated carbocycles. The number of ether oxygens (including phenoxy) is 1. The Kier molecular flexibility index (Phi) is 6.37. The number of fused-ring (bicyclic) bond motifs is 1. The number of imide groups is 1. The van der Waals surface area contributed by atoms with E-state index in [1.807, 2.05) is 32.1 Å². The van der Waals surface area contributed by atoms with Crippen molar-refractivity contribution in [2.75, 3.05) is 18.5 Å². The number of esters is 1. The van der Waals surface area contributed by atoms with Crippen LogP contribution in [0.15, 0.2) is 24.3 Å². The molecule has 1 fully saturated rings. The molecule has 0 spiro atoms. The number of carbonyl (C=O) groups is 4. The summed E-state index contributed by atoms with van der Waals surface area (Å²) in [6.45, 7) is 3.21. The Hall–Kier alpha value is -2.67. The number of aryl methyl sites for hydroxylation is 2. The highest BCUT2D eigenvalue weighted by molar-refractivity contribution is 6.34. The summed E-state index contributed by atoms with van der Waals surface area (Å²) in [5.41, 5.74) is 2.25. The van der Waals surface area contributed by atoms with E-state index < -0.39 is 18.5 Å². The van der Waals surface area contributed by atoms with E-state index in [1.165, 1.54) is 0 Å². The van der Waals surface area contributed by atoms with Crippen molar-refractivity contribution >= 4 is 41.0 Å². The number of rotatable bonds is 6. The van der Waals surface area contributed by atoms with Crippen molar-refractivity contribution in [3.05, 3.63) is 40.4 Å². The summed E-state index contributed by atoms with van der Waals surface area (Å²) < 4.78 is 4.97. The second-order valence-corrected chi connectivity index (χ2v) is 7.79. The summed E-state index contributed by atoms with van der Waals surface area (Å²) in [5.74, 6) is -2.29. The number of halogens is 1. The highest BCUT2D eigenvalue weighted by Crippen LogP contribution is 2.35. The lowest BCUT2D eigenvalue weighted by Gasteiger charge is -2.14. The molecule has 29 heavy (non-hydrogen) atoms. The second kappa shape index (κ2) is 8.78. The van der Waals surface area contributed by atoms with E-state index in [0.717, 1.165) is 16.0 Å². The first-order valence-electron chi connectivity index (χ1n) is 9.50. The van der Waals surface area contributed by atoms with Crippen LogP contribution in [-0.2, 0) is 23.9 Å². The predicted octanol–water partition coefficient (Wildman–Crippen LogP) is 2.78. The molecule has 1 aliphatic heterocycles. The molecule has 1 aromatic carbocycles. The molecule has 1 N–H and O–H groups in total. The molecule has 7 nitrogen and oxygen atoms in total. The molecule has 1 aromatic rings. The van der Waals surface area contributed by atoms with E-state index in [0.29, 0.717) is 23.6 Å². The van der Waals surface area contributed by atoms with Gasteiger partial charge in [-0.05, 0) is 43.9 Å². The summed E-state index contributed by atoms with van der Waals surface area (Å²) in [5, 5.41) is 3.04. The van der Waals surface area contributed by atoms with Gasteiger partial charge in [0, 0.05) is 6.54 Å². The third kappa shape index (κ3) is 4.67. The Morgan fingerprint density at radius 2 is 1.76 bits per heavy atom. The fourth-order valence-electron chi connectivity index (χ4n) is 3.76. The number of nitrogens with one attached hydrogen (secondary N) is 1. The summed E-state index contributed by atoms with van der Waals surface area (Å²) >= 11 is 6.15. The van der Waals surface area contributed by atoms with E-state index >= 15 is 0 Å². The van der Waals surface area contributed by atoms with Crippen molar-refractivity contribution in [1.82, 2.24) is 4.90 Å². The van der Waals surface area contributed by atoms with E-state index in [9.17, 15) is 19.2 Å². The average Bonchev–Trinajstić information content (AvgIpc) is 2.92. The lowest BCUT2D eigenvalue weighted by molar-refractivity contribution is -0.148. The molecule has 3 amide bonds. The van der Waals surface area contributed by atoms with Gasteiger partial charge in [-0.1, -0.05) is 29.8 Å². The second-order valence-electron chi connectivity index (χ2n) is 7.38. The van der Waals surface area contributed by atoms with Crippen LogP contribution in [-0.4, -0.2) is 41.7 Å². The van der Waals surface area contributed by atoms with Gasteiger partial charge < -0.3 is 10.1 Å². The van der Waals surface area contributed by atoms with E-state index in [4.69, 9.17) is 16.3 Å². The Balaban J connectivity index is 1.46. The number of benzene rings is 1. The zero-order valence-corrected chi connectivity index (χ0v) is 17.1. The van der Waals surface area contributed by atoms with Gasteiger partial charge in [0.15, 0.2) is 6.61 Å². The van der Waals surface area contributed by atoms with Gasteiger partial charge in [0.05, 0.1) is 29.0 Å². The van der Waals surface area contributed by atoms with Crippen LogP contribution in [0.5, 0.6) is 0 Å². The highest BCUT2D eigenvalue weighted by atomic mass is 35.5.